The highest BCUT2D eigenvalue weighted by atomic mass is 19.3. The fourth-order valence-electron chi connectivity index (χ4n) is 3.48. The average Bonchev–Trinajstić information content (AvgIpc) is 3.06. The minimum absolute atomic E-state index is 0.205. The number of alkyl halides is 2. The van der Waals surface area contributed by atoms with Gasteiger partial charge < -0.3 is 4.84 Å². The topological polar surface area (TPSA) is 21.6 Å². The van der Waals surface area contributed by atoms with Gasteiger partial charge in [-0.15, -0.1) is 0 Å². The summed E-state index contributed by atoms with van der Waals surface area (Å²) < 4.78 is 39.8. The summed E-state index contributed by atoms with van der Waals surface area (Å²) in [6.07, 6.45) is -2.87. The number of hydrogen-bond donors (Lipinski definition) is 0. The van der Waals surface area contributed by atoms with E-state index < -0.39 is 24.3 Å². The number of hydrogen-bond acceptors (Lipinski definition) is 2. The smallest absolute Gasteiger partial charge is 0.242 e. The molecule has 0 saturated heterocycles. The lowest BCUT2D eigenvalue weighted by atomic mass is 9.84. The Morgan fingerprint density at radius 3 is 2.46 bits per heavy atom. The van der Waals surface area contributed by atoms with Crippen LogP contribution in [-0.4, -0.2) is 12.1 Å². The van der Waals surface area contributed by atoms with E-state index in [0.29, 0.717) is 11.3 Å². The molecule has 0 spiro atoms. The number of oxime groups is 1. The van der Waals surface area contributed by atoms with Gasteiger partial charge in [0.2, 0.25) is 6.43 Å². The molecule has 0 radical (unpaired) electrons. The van der Waals surface area contributed by atoms with Crippen molar-refractivity contribution in [3.63, 3.8) is 0 Å². The van der Waals surface area contributed by atoms with E-state index in [9.17, 15) is 13.2 Å². The third-order valence-electron chi connectivity index (χ3n) is 4.74. The Bertz CT molecular complexity index is 963. The number of nitrogens with zero attached hydrogens (tertiary/aromatic N) is 1. The third-order valence-corrected chi connectivity index (χ3v) is 4.74. The summed E-state index contributed by atoms with van der Waals surface area (Å²) in [6, 6.07) is 19.1. The molecule has 3 aromatic rings. The first-order valence-electron chi connectivity index (χ1n) is 8.35. The van der Waals surface area contributed by atoms with Crippen LogP contribution in [0.4, 0.5) is 13.2 Å². The van der Waals surface area contributed by atoms with Gasteiger partial charge in [0.05, 0.1) is 12.1 Å². The lowest BCUT2D eigenvalue weighted by Crippen LogP contribution is -2.29. The van der Waals surface area contributed by atoms with Gasteiger partial charge in [0, 0.05) is 12.0 Å². The van der Waals surface area contributed by atoms with E-state index >= 15 is 0 Å². The minimum atomic E-state index is -2.57. The predicted octanol–water partition coefficient (Wildman–Crippen LogP) is 5.65. The van der Waals surface area contributed by atoms with Crippen LogP contribution in [0.15, 0.2) is 71.9 Å². The molecular weight excluding hydrogens is 339 g/mol. The summed E-state index contributed by atoms with van der Waals surface area (Å²) in [5.74, 6) is -0.422. The zero-order chi connectivity index (χ0) is 18.1. The summed E-state index contributed by atoms with van der Waals surface area (Å²) in [6.45, 7) is 0. The molecule has 0 bridgehead atoms. The second-order valence-corrected chi connectivity index (χ2v) is 6.43. The summed E-state index contributed by atoms with van der Waals surface area (Å²) >= 11 is 0. The van der Waals surface area contributed by atoms with Crippen LogP contribution in [-0.2, 0) is 10.4 Å². The first kappa shape index (κ1) is 16.6. The van der Waals surface area contributed by atoms with Crippen molar-refractivity contribution in [2.75, 3.05) is 0 Å². The highest BCUT2D eigenvalue weighted by molar-refractivity contribution is 6.11. The van der Waals surface area contributed by atoms with Gasteiger partial charge in [0.1, 0.15) is 5.82 Å². The van der Waals surface area contributed by atoms with Crippen LogP contribution in [0.3, 0.4) is 0 Å². The summed E-state index contributed by atoms with van der Waals surface area (Å²) in [4.78, 5) is 5.58. The zero-order valence-electron chi connectivity index (χ0n) is 13.8. The van der Waals surface area contributed by atoms with Crippen molar-refractivity contribution in [3.8, 4) is 0 Å². The van der Waals surface area contributed by atoms with Crippen molar-refractivity contribution in [2.45, 2.75) is 24.9 Å². The Morgan fingerprint density at radius 1 is 0.962 bits per heavy atom. The molecule has 0 saturated carbocycles. The lowest BCUT2D eigenvalue weighted by molar-refractivity contribution is -0.0651. The van der Waals surface area contributed by atoms with Gasteiger partial charge in [0.15, 0.2) is 5.60 Å². The largest absolute Gasteiger partial charge is 0.383 e. The molecule has 2 nitrogen and oxygen atoms in total. The first-order chi connectivity index (χ1) is 12.6. The Kier molecular flexibility index (Phi) is 4.15. The van der Waals surface area contributed by atoms with Gasteiger partial charge in [-0.1, -0.05) is 59.8 Å². The molecule has 132 valence electrons. The molecule has 0 aliphatic carbocycles. The maximum atomic E-state index is 13.3. The van der Waals surface area contributed by atoms with Gasteiger partial charge in [-0.3, -0.25) is 0 Å². The van der Waals surface area contributed by atoms with Crippen molar-refractivity contribution < 1.29 is 18.0 Å². The Balaban J connectivity index is 1.74. The molecule has 0 amide bonds. The molecule has 0 N–H and O–H groups in total. The van der Waals surface area contributed by atoms with Crippen molar-refractivity contribution in [1.82, 2.24) is 0 Å². The number of rotatable bonds is 4. The molecular formula is C21H16F3NO. The predicted molar refractivity (Wildman–Crippen MR) is 94.9 cm³/mol. The van der Waals surface area contributed by atoms with Crippen molar-refractivity contribution in [3.05, 3.63) is 83.7 Å². The molecule has 1 heterocycles. The van der Waals surface area contributed by atoms with E-state index in [0.717, 1.165) is 16.3 Å². The highest BCUT2D eigenvalue weighted by Crippen LogP contribution is 2.42. The molecule has 5 heteroatoms. The van der Waals surface area contributed by atoms with E-state index in [4.69, 9.17) is 4.84 Å². The number of fused-ring (bicyclic) bond motifs is 1. The average molecular weight is 355 g/mol. The normalized spacial score (nSPS) is 19.6. The highest BCUT2D eigenvalue weighted by Gasteiger charge is 2.44. The molecule has 3 aromatic carbocycles. The molecule has 26 heavy (non-hydrogen) atoms. The maximum absolute atomic E-state index is 13.3. The van der Waals surface area contributed by atoms with E-state index in [-0.39, 0.29) is 6.42 Å². The van der Waals surface area contributed by atoms with Crippen LogP contribution in [0.2, 0.25) is 0 Å². The number of halogens is 3. The molecule has 4 rings (SSSR count). The minimum Gasteiger partial charge on any atom is -0.383 e. The van der Waals surface area contributed by atoms with Gasteiger partial charge >= 0.3 is 0 Å². The molecule has 1 aliphatic heterocycles. The zero-order valence-corrected chi connectivity index (χ0v) is 13.8. The van der Waals surface area contributed by atoms with E-state index in [1.165, 1.54) is 24.3 Å². The molecule has 1 unspecified atom stereocenters. The van der Waals surface area contributed by atoms with Crippen molar-refractivity contribution in [1.29, 1.82) is 0 Å². The van der Waals surface area contributed by atoms with Gasteiger partial charge in [0.25, 0.3) is 0 Å². The fourth-order valence-corrected chi connectivity index (χ4v) is 3.48. The van der Waals surface area contributed by atoms with Crippen LogP contribution in [0.5, 0.6) is 0 Å². The number of benzene rings is 3. The van der Waals surface area contributed by atoms with Crippen LogP contribution in [0, 0.1) is 5.82 Å². The lowest BCUT2D eigenvalue weighted by Gasteiger charge is -2.26. The van der Waals surface area contributed by atoms with Gasteiger partial charge in [-0.05, 0) is 28.5 Å². The van der Waals surface area contributed by atoms with Crippen LogP contribution < -0.4 is 0 Å². The van der Waals surface area contributed by atoms with E-state index in [1.54, 1.807) is 0 Å². The van der Waals surface area contributed by atoms with E-state index in [1.807, 2.05) is 42.5 Å². The second-order valence-electron chi connectivity index (χ2n) is 6.43. The third kappa shape index (κ3) is 2.94. The Labute approximate surface area is 148 Å². The summed E-state index contributed by atoms with van der Waals surface area (Å²) in [5.41, 5.74) is 0.694. The van der Waals surface area contributed by atoms with Crippen LogP contribution in [0.25, 0.3) is 10.8 Å². The SMILES string of the molecule is Fc1ccc(C2(CC(F)F)CC(c3cccc4ccccc34)=NO2)cc1. The van der Waals surface area contributed by atoms with Crippen molar-refractivity contribution in [2.24, 2.45) is 5.16 Å². The van der Waals surface area contributed by atoms with Crippen LogP contribution in [0.1, 0.15) is 24.0 Å². The standard InChI is InChI=1S/C21H16F3NO/c22-16-10-8-15(9-11-16)21(13-20(23)24)12-19(25-26-21)18-7-3-5-14-4-1-2-6-17(14)18/h1-11,20H,12-13H2. The first-order valence-corrected chi connectivity index (χ1v) is 8.35. The second kappa shape index (κ2) is 6.48. The van der Waals surface area contributed by atoms with Crippen LogP contribution >= 0.6 is 0 Å². The molecule has 1 atom stereocenters. The molecule has 0 fully saturated rings. The maximum Gasteiger partial charge on any atom is 0.242 e. The quantitative estimate of drug-likeness (QED) is 0.592. The van der Waals surface area contributed by atoms with E-state index in [2.05, 4.69) is 5.16 Å². The molecule has 1 aliphatic rings. The summed E-state index contributed by atoms with van der Waals surface area (Å²) in [7, 11) is 0. The van der Waals surface area contributed by atoms with Crippen molar-refractivity contribution >= 4 is 16.5 Å². The van der Waals surface area contributed by atoms with Gasteiger partial charge in [-0.2, -0.15) is 0 Å². The monoisotopic (exact) mass is 355 g/mol. The molecule has 0 aromatic heterocycles. The Hall–Kier alpha value is -2.82. The fraction of sp³-hybridized carbons (Fsp3) is 0.190. The summed E-state index contributed by atoms with van der Waals surface area (Å²) in [5, 5.41) is 6.18. The van der Waals surface area contributed by atoms with Gasteiger partial charge in [-0.25, -0.2) is 13.2 Å². The Morgan fingerprint density at radius 2 is 1.69 bits per heavy atom.